The first-order valence-corrected chi connectivity index (χ1v) is 10.3. The lowest BCUT2D eigenvalue weighted by molar-refractivity contribution is -0.113. The number of benzene rings is 2. The van der Waals surface area contributed by atoms with E-state index in [1.807, 2.05) is 31.2 Å². The van der Waals surface area contributed by atoms with Gasteiger partial charge in [-0.1, -0.05) is 41.3 Å². The van der Waals surface area contributed by atoms with Crippen molar-refractivity contribution in [1.29, 1.82) is 0 Å². The summed E-state index contributed by atoms with van der Waals surface area (Å²) in [6, 6.07) is 9.58. The van der Waals surface area contributed by atoms with Crippen molar-refractivity contribution >= 4 is 61.4 Å². The van der Waals surface area contributed by atoms with E-state index in [9.17, 15) is 13.6 Å². The van der Waals surface area contributed by atoms with Crippen LogP contribution in [0.4, 0.5) is 25.3 Å². The zero-order valence-corrected chi connectivity index (χ0v) is 17.1. The van der Waals surface area contributed by atoms with E-state index < -0.39 is 17.5 Å². The molecule has 0 unspecified atom stereocenters. The van der Waals surface area contributed by atoms with E-state index in [0.717, 1.165) is 17.3 Å². The molecule has 0 aliphatic rings. The summed E-state index contributed by atoms with van der Waals surface area (Å²) in [5.41, 5.74) is 1.91. The summed E-state index contributed by atoms with van der Waals surface area (Å²) in [6.45, 7) is 1.98. The highest BCUT2D eigenvalue weighted by molar-refractivity contribution is 9.10. The maximum atomic E-state index is 13.8. The predicted octanol–water partition coefficient (Wildman–Crippen LogP) is 5.36. The van der Waals surface area contributed by atoms with Gasteiger partial charge >= 0.3 is 0 Å². The van der Waals surface area contributed by atoms with Crippen molar-refractivity contribution in [1.82, 2.24) is 10.2 Å². The minimum Gasteiger partial charge on any atom is -0.330 e. The first-order chi connectivity index (χ1) is 12.9. The Morgan fingerprint density at radius 2 is 2.04 bits per heavy atom. The molecule has 0 bridgehead atoms. The summed E-state index contributed by atoms with van der Waals surface area (Å²) >= 11 is 5.52. The normalized spacial score (nSPS) is 10.7. The van der Waals surface area contributed by atoms with E-state index in [2.05, 4.69) is 36.8 Å². The Balaban J connectivity index is 1.57. The SMILES string of the molecule is Cc1ccccc1Nc1nnc(SCC(=O)Nc2c(F)cc(F)cc2Br)s1. The molecule has 5 nitrogen and oxygen atoms in total. The quantitative estimate of drug-likeness (QED) is 0.474. The monoisotopic (exact) mass is 470 g/mol. The fourth-order valence-corrected chi connectivity index (χ4v) is 4.18. The number of para-hydroxylation sites is 1. The van der Waals surface area contributed by atoms with Gasteiger partial charge in [-0.05, 0) is 40.5 Å². The lowest BCUT2D eigenvalue weighted by Crippen LogP contribution is -2.15. The number of amides is 1. The number of nitrogens with one attached hydrogen (secondary N) is 2. The van der Waals surface area contributed by atoms with E-state index >= 15 is 0 Å². The lowest BCUT2D eigenvalue weighted by Gasteiger charge is -2.08. The summed E-state index contributed by atoms with van der Waals surface area (Å²) in [5.74, 6) is -1.99. The number of aromatic nitrogens is 2. The van der Waals surface area contributed by atoms with Crippen LogP contribution in [0.15, 0.2) is 45.2 Å². The van der Waals surface area contributed by atoms with Gasteiger partial charge in [0.05, 0.1) is 11.4 Å². The van der Waals surface area contributed by atoms with Gasteiger partial charge in [-0.25, -0.2) is 8.78 Å². The van der Waals surface area contributed by atoms with Gasteiger partial charge < -0.3 is 10.6 Å². The van der Waals surface area contributed by atoms with Crippen LogP contribution >= 0.6 is 39.0 Å². The zero-order valence-electron chi connectivity index (χ0n) is 13.9. The first-order valence-electron chi connectivity index (χ1n) is 7.65. The highest BCUT2D eigenvalue weighted by Crippen LogP contribution is 2.30. The molecule has 3 aromatic rings. The van der Waals surface area contributed by atoms with E-state index in [1.165, 1.54) is 23.1 Å². The number of hydrogen-bond donors (Lipinski definition) is 2. The fourth-order valence-electron chi connectivity index (χ4n) is 2.11. The Bertz CT molecular complexity index is 960. The molecule has 0 saturated heterocycles. The smallest absolute Gasteiger partial charge is 0.234 e. The number of thioether (sulfide) groups is 1. The molecule has 0 fully saturated rings. The molecule has 0 atom stereocenters. The molecule has 140 valence electrons. The third kappa shape index (κ3) is 5.24. The number of carbonyl (C=O) groups excluding carboxylic acids is 1. The average molecular weight is 471 g/mol. The highest BCUT2D eigenvalue weighted by Gasteiger charge is 2.14. The third-order valence-corrected chi connectivity index (χ3v) is 5.99. The van der Waals surface area contributed by atoms with Crippen LogP contribution in [0.25, 0.3) is 0 Å². The summed E-state index contributed by atoms with van der Waals surface area (Å²) in [4.78, 5) is 12.0. The highest BCUT2D eigenvalue weighted by atomic mass is 79.9. The van der Waals surface area contributed by atoms with Gasteiger partial charge in [0, 0.05) is 16.2 Å². The van der Waals surface area contributed by atoms with Crippen molar-refractivity contribution in [2.24, 2.45) is 0 Å². The van der Waals surface area contributed by atoms with E-state index in [1.54, 1.807) is 0 Å². The zero-order chi connectivity index (χ0) is 19.4. The third-order valence-electron chi connectivity index (χ3n) is 3.39. The summed E-state index contributed by atoms with van der Waals surface area (Å²) < 4.78 is 27.6. The largest absolute Gasteiger partial charge is 0.330 e. The van der Waals surface area contributed by atoms with E-state index in [0.29, 0.717) is 15.5 Å². The second kappa shape index (κ2) is 8.77. The topological polar surface area (TPSA) is 66.9 Å². The molecule has 0 aliphatic carbocycles. The maximum absolute atomic E-state index is 13.8. The van der Waals surface area contributed by atoms with Crippen molar-refractivity contribution < 1.29 is 13.6 Å². The van der Waals surface area contributed by atoms with Gasteiger partial charge in [-0.3, -0.25) is 4.79 Å². The van der Waals surface area contributed by atoms with E-state index in [4.69, 9.17) is 0 Å². The Kier molecular flexibility index (Phi) is 6.40. The van der Waals surface area contributed by atoms with Gasteiger partial charge in [-0.2, -0.15) is 0 Å². The summed E-state index contributed by atoms with van der Waals surface area (Å²) in [5, 5.41) is 14.3. The van der Waals surface area contributed by atoms with Gasteiger partial charge in [0.25, 0.3) is 0 Å². The molecule has 3 rings (SSSR count). The number of halogens is 3. The van der Waals surface area contributed by atoms with Crippen LogP contribution in [-0.4, -0.2) is 21.9 Å². The molecule has 0 spiro atoms. The molecule has 1 amide bonds. The maximum Gasteiger partial charge on any atom is 0.234 e. The van der Waals surface area contributed by atoms with Crippen LogP contribution < -0.4 is 10.6 Å². The van der Waals surface area contributed by atoms with Crippen LogP contribution in [0.2, 0.25) is 0 Å². The molecule has 2 N–H and O–H groups in total. The molecule has 0 aliphatic heterocycles. The van der Waals surface area contributed by atoms with Gasteiger partial charge in [0.1, 0.15) is 5.82 Å². The summed E-state index contributed by atoms with van der Waals surface area (Å²) in [7, 11) is 0. The van der Waals surface area contributed by atoms with Crippen LogP contribution in [0, 0.1) is 18.6 Å². The van der Waals surface area contributed by atoms with Crippen molar-refractivity contribution in [2.45, 2.75) is 11.3 Å². The molecule has 0 saturated carbocycles. The molecule has 1 aromatic heterocycles. The van der Waals surface area contributed by atoms with Crippen LogP contribution in [0.1, 0.15) is 5.56 Å². The van der Waals surface area contributed by atoms with Crippen LogP contribution in [0.3, 0.4) is 0 Å². The van der Waals surface area contributed by atoms with Gasteiger partial charge in [-0.15, -0.1) is 10.2 Å². The number of carbonyl (C=O) groups is 1. The van der Waals surface area contributed by atoms with Crippen molar-refractivity contribution in [2.75, 3.05) is 16.4 Å². The predicted molar refractivity (Wildman–Crippen MR) is 108 cm³/mol. The molecule has 1 heterocycles. The number of hydrogen-bond acceptors (Lipinski definition) is 6. The Morgan fingerprint density at radius 1 is 1.26 bits per heavy atom. The molecular weight excluding hydrogens is 458 g/mol. The minimum absolute atomic E-state index is 0.0161. The summed E-state index contributed by atoms with van der Waals surface area (Å²) in [6.07, 6.45) is 0. The van der Waals surface area contributed by atoms with Crippen molar-refractivity contribution in [3.63, 3.8) is 0 Å². The van der Waals surface area contributed by atoms with Gasteiger partial charge in [0.2, 0.25) is 11.0 Å². The van der Waals surface area contributed by atoms with Crippen LogP contribution in [0.5, 0.6) is 0 Å². The fraction of sp³-hybridized carbons (Fsp3) is 0.118. The molecule has 2 aromatic carbocycles. The molecule has 0 radical (unpaired) electrons. The van der Waals surface area contributed by atoms with Crippen LogP contribution in [-0.2, 0) is 4.79 Å². The first kappa shape index (κ1) is 19.7. The standard InChI is InChI=1S/C17H13BrF2N4OS2/c1-9-4-2-3-5-13(9)21-16-23-24-17(27-16)26-8-14(25)22-15-11(18)6-10(19)7-12(15)20/h2-7H,8H2,1H3,(H,21,23)(H,22,25). The second-order valence-corrected chi connectivity index (χ2v) is 8.45. The number of rotatable bonds is 6. The van der Waals surface area contributed by atoms with E-state index in [-0.39, 0.29) is 15.9 Å². The Labute approximate surface area is 170 Å². The van der Waals surface area contributed by atoms with Gasteiger partial charge in [0.15, 0.2) is 10.2 Å². The second-order valence-electron chi connectivity index (χ2n) is 5.39. The molecule has 27 heavy (non-hydrogen) atoms. The van der Waals surface area contributed by atoms with Crippen molar-refractivity contribution in [3.05, 3.63) is 58.1 Å². The Morgan fingerprint density at radius 3 is 2.78 bits per heavy atom. The lowest BCUT2D eigenvalue weighted by atomic mass is 10.2. The molecular formula is C17H13BrF2N4OS2. The molecule has 10 heteroatoms. The minimum atomic E-state index is -0.846. The number of aryl methyl sites for hydroxylation is 1. The average Bonchev–Trinajstić information content (AvgIpc) is 3.06. The Hall–Kier alpha value is -2.04. The van der Waals surface area contributed by atoms with Crippen molar-refractivity contribution in [3.8, 4) is 0 Å². The number of nitrogens with zero attached hydrogens (tertiary/aromatic N) is 2. The number of anilines is 3.